The summed E-state index contributed by atoms with van der Waals surface area (Å²) in [5.41, 5.74) is 0. The molecule has 0 N–H and O–H groups in total. The summed E-state index contributed by atoms with van der Waals surface area (Å²) in [4.78, 5) is 23.0. The summed E-state index contributed by atoms with van der Waals surface area (Å²) in [7, 11) is 2.58. The maximum atomic E-state index is 11.5. The summed E-state index contributed by atoms with van der Waals surface area (Å²) in [5.74, 6) is -0.904. The zero-order valence-electron chi connectivity index (χ0n) is 11.5. The molecule has 0 saturated carbocycles. The molecule has 100 valence electrons. The summed E-state index contributed by atoms with van der Waals surface area (Å²) >= 11 is 0. The molecule has 2 unspecified atom stereocenters. The maximum absolute atomic E-state index is 11.5. The Morgan fingerprint density at radius 1 is 0.941 bits per heavy atom. The van der Waals surface area contributed by atoms with Crippen LogP contribution in [0.4, 0.5) is 0 Å². The Kier molecular flexibility index (Phi) is 7.59. The molecule has 0 rings (SSSR count). The van der Waals surface area contributed by atoms with Crippen molar-refractivity contribution in [3.63, 3.8) is 0 Å². The molecule has 0 aromatic carbocycles. The van der Waals surface area contributed by atoms with Crippen molar-refractivity contribution in [1.82, 2.24) is 0 Å². The predicted octanol–water partition coefficient (Wildman–Crippen LogP) is 2.41. The van der Waals surface area contributed by atoms with Crippen molar-refractivity contribution >= 4 is 11.9 Å². The van der Waals surface area contributed by atoms with E-state index in [2.05, 4.69) is 23.3 Å². The maximum Gasteiger partial charge on any atom is 0.320 e. The van der Waals surface area contributed by atoms with E-state index in [4.69, 9.17) is 0 Å². The standard InChI is InChI=1S/C13H24O4/c1-6-9(2)7-10(3)8-11(12(14)16-4)13(15)17-5/h9-11H,6-8H2,1-5H3. The van der Waals surface area contributed by atoms with E-state index < -0.39 is 17.9 Å². The first-order valence-electron chi connectivity index (χ1n) is 6.11. The molecule has 0 aromatic rings. The summed E-state index contributed by atoms with van der Waals surface area (Å²) in [6.07, 6.45) is 2.59. The van der Waals surface area contributed by atoms with E-state index in [-0.39, 0.29) is 0 Å². The lowest BCUT2D eigenvalue weighted by Gasteiger charge is -2.19. The lowest BCUT2D eigenvalue weighted by molar-refractivity contribution is -0.159. The molecule has 0 fully saturated rings. The van der Waals surface area contributed by atoms with Gasteiger partial charge < -0.3 is 9.47 Å². The average molecular weight is 244 g/mol. The highest BCUT2D eigenvalue weighted by atomic mass is 16.5. The lowest BCUT2D eigenvalue weighted by atomic mass is 9.88. The topological polar surface area (TPSA) is 52.6 Å². The summed E-state index contributed by atoms with van der Waals surface area (Å²) in [5, 5.41) is 0. The normalized spacial score (nSPS) is 14.2. The molecule has 0 aliphatic heterocycles. The zero-order chi connectivity index (χ0) is 13.4. The number of methoxy groups -OCH3 is 2. The molecule has 0 heterocycles. The molecule has 4 heteroatoms. The van der Waals surface area contributed by atoms with E-state index in [1.807, 2.05) is 6.92 Å². The van der Waals surface area contributed by atoms with Crippen LogP contribution in [0.2, 0.25) is 0 Å². The van der Waals surface area contributed by atoms with E-state index in [1.54, 1.807) is 0 Å². The van der Waals surface area contributed by atoms with E-state index in [0.717, 1.165) is 12.8 Å². The lowest BCUT2D eigenvalue weighted by Crippen LogP contribution is -2.28. The molecule has 2 atom stereocenters. The highest BCUT2D eigenvalue weighted by Gasteiger charge is 2.30. The van der Waals surface area contributed by atoms with Crippen LogP contribution in [0.3, 0.4) is 0 Å². The van der Waals surface area contributed by atoms with Crippen molar-refractivity contribution in [3.05, 3.63) is 0 Å². The van der Waals surface area contributed by atoms with Crippen molar-refractivity contribution in [2.45, 2.75) is 40.0 Å². The van der Waals surface area contributed by atoms with Gasteiger partial charge in [-0.3, -0.25) is 9.59 Å². The molecule has 0 saturated heterocycles. The summed E-state index contributed by atoms with van der Waals surface area (Å²) in [6.45, 7) is 6.35. The van der Waals surface area contributed by atoms with Gasteiger partial charge in [0.1, 0.15) is 0 Å². The van der Waals surface area contributed by atoms with Crippen molar-refractivity contribution in [3.8, 4) is 0 Å². The van der Waals surface area contributed by atoms with Gasteiger partial charge in [-0.05, 0) is 24.7 Å². The number of rotatable bonds is 7. The van der Waals surface area contributed by atoms with Gasteiger partial charge in [-0.15, -0.1) is 0 Å². The molecule has 0 aromatic heterocycles. The zero-order valence-corrected chi connectivity index (χ0v) is 11.5. The minimum absolute atomic E-state index is 0.299. The third-order valence-corrected chi connectivity index (χ3v) is 3.11. The quantitative estimate of drug-likeness (QED) is 0.510. The van der Waals surface area contributed by atoms with Gasteiger partial charge in [-0.2, -0.15) is 0 Å². The van der Waals surface area contributed by atoms with E-state index >= 15 is 0 Å². The summed E-state index contributed by atoms with van der Waals surface area (Å²) in [6, 6.07) is 0. The molecule has 0 aliphatic carbocycles. The Morgan fingerprint density at radius 2 is 1.41 bits per heavy atom. The smallest absolute Gasteiger partial charge is 0.320 e. The van der Waals surface area contributed by atoms with Gasteiger partial charge in [0.25, 0.3) is 0 Å². The molecule has 4 nitrogen and oxygen atoms in total. The monoisotopic (exact) mass is 244 g/mol. The van der Waals surface area contributed by atoms with Crippen LogP contribution in [-0.2, 0) is 19.1 Å². The molecule has 17 heavy (non-hydrogen) atoms. The molecule has 0 bridgehead atoms. The highest BCUT2D eigenvalue weighted by Crippen LogP contribution is 2.23. The van der Waals surface area contributed by atoms with Crippen LogP contribution in [0.25, 0.3) is 0 Å². The van der Waals surface area contributed by atoms with Gasteiger partial charge in [0, 0.05) is 0 Å². The SMILES string of the molecule is CCC(C)CC(C)CC(C(=O)OC)C(=O)OC. The first-order valence-corrected chi connectivity index (χ1v) is 6.11. The number of carbonyl (C=O) groups excluding carboxylic acids is 2. The van der Waals surface area contributed by atoms with E-state index in [0.29, 0.717) is 18.3 Å². The number of carbonyl (C=O) groups is 2. The highest BCUT2D eigenvalue weighted by molar-refractivity contribution is 5.94. The molecule has 0 aliphatic rings. The van der Waals surface area contributed by atoms with Crippen LogP contribution in [0.5, 0.6) is 0 Å². The summed E-state index contributed by atoms with van der Waals surface area (Å²) < 4.78 is 9.26. The largest absolute Gasteiger partial charge is 0.468 e. The first kappa shape index (κ1) is 15.9. The van der Waals surface area contributed by atoms with Gasteiger partial charge in [-0.25, -0.2) is 0 Å². The van der Waals surface area contributed by atoms with Crippen molar-refractivity contribution in [2.75, 3.05) is 14.2 Å². The Labute approximate surface area is 104 Å². The number of hydrogen-bond donors (Lipinski definition) is 0. The number of ether oxygens (including phenoxy) is 2. The number of esters is 2. The molecule has 0 spiro atoms. The third-order valence-electron chi connectivity index (χ3n) is 3.11. The molecule has 0 amide bonds. The Morgan fingerprint density at radius 3 is 1.76 bits per heavy atom. The second kappa shape index (κ2) is 8.09. The van der Waals surface area contributed by atoms with Crippen LogP contribution < -0.4 is 0 Å². The van der Waals surface area contributed by atoms with E-state index in [9.17, 15) is 9.59 Å². The van der Waals surface area contributed by atoms with E-state index in [1.165, 1.54) is 14.2 Å². The average Bonchev–Trinajstić information content (AvgIpc) is 2.33. The Hall–Kier alpha value is -1.06. The van der Waals surface area contributed by atoms with Crippen LogP contribution in [0.15, 0.2) is 0 Å². The van der Waals surface area contributed by atoms with Crippen LogP contribution in [0, 0.1) is 17.8 Å². The molecule has 0 radical (unpaired) electrons. The minimum Gasteiger partial charge on any atom is -0.468 e. The predicted molar refractivity (Wildman–Crippen MR) is 65.4 cm³/mol. The first-order chi connectivity index (χ1) is 7.96. The van der Waals surface area contributed by atoms with Crippen LogP contribution in [-0.4, -0.2) is 26.2 Å². The minimum atomic E-state index is -0.788. The van der Waals surface area contributed by atoms with Crippen LogP contribution >= 0.6 is 0 Å². The fraction of sp³-hybridized carbons (Fsp3) is 0.846. The molecular weight excluding hydrogens is 220 g/mol. The second-order valence-corrected chi connectivity index (χ2v) is 4.69. The Balaban J connectivity index is 4.43. The fourth-order valence-corrected chi connectivity index (χ4v) is 1.93. The Bertz CT molecular complexity index is 234. The van der Waals surface area contributed by atoms with Crippen molar-refractivity contribution in [2.24, 2.45) is 17.8 Å². The van der Waals surface area contributed by atoms with Gasteiger partial charge in [-0.1, -0.05) is 27.2 Å². The van der Waals surface area contributed by atoms with Gasteiger partial charge in [0.05, 0.1) is 14.2 Å². The fourth-order valence-electron chi connectivity index (χ4n) is 1.93. The van der Waals surface area contributed by atoms with Crippen molar-refractivity contribution in [1.29, 1.82) is 0 Å². The van der Waals surface area contributed by atoms with Crippen LogP contribution in [0.1, 0.15) is 40.0 Å². The molecular formula is C13H24O4. The van der Waals surface area contributed by atoms with Gasteiger partial charge in [0.15, 0.2) is 5.92 Å². The van der Waals surface area contributed by atoms with Gasteiger partial charge >= 0.3 is 11.9 Å². The van der Waals surface area contributed by atoms with Gasteiger partial charge in [0.2, 0.25) is 0 Å². The van der Waals surface area contributed by atoms with Crippen molar-refractivity contribution < 1.29 is 19.1 Å². The number of hydrogen-bond acceptors (Lipinski definition) is 4. The second-order valence-electron chi connectivity index (χ2n) is 4.69. The third kappa shape index (κ3) is 5.71.